The average Bonchev–Trinajstić information content (AvgIpc) is 2.92. The highest BCUT2D eigenvalue weighted by molar-refractivity contribution is 7.90. The van der Waals surface area contributed by atoms with E-state index < -0.39 is 10.0 Å². The third kappa shape index (κ3) is 2.45. The molecular weight excluding hydrogens is 298 g/mol. The Hall–Kier alpha value is -2.37. The van der Waals surface area contributed by atoms with Crippen LogP contribution in [0.2, 0.25) is 0 Å². The second kappa shape index (κ2) is 5.79. The van der Waals surface area contributed by atoms with Crippen molar-refractivity contribution in [2.24, 2.45) is 0 Å². The molecule has 0 atom stereocenters. The molecule has 4 nitrogen and oxygen atoms in total. The number of nitrogens with zero attached hydrogens (tertiary/aromatic N) is 1. The Kier molecular flexibility index (Phi) is 3.83. The minimum Gasteiger partial charge on any atom is -0.392 e. The summed E-state index contributed by atoms with van der Waals surface area (Å²) in [5.74, 6) is 0. The number of benzene rings is 2. The Balaban J connectivity index is 2.31. The summed E-state index contributed by atoms with van der Waals surface area (Å²) in [6.07, 6.45) is 3.13. The van der Waals surface area contributed by atoms with Crippen LogP contribution in [0.4, 0.5) is 0 Å². The number of fused-ring (bicyclic) bond motifs is 1. The van der Waals surface area contributed by atoms with Crippen molar-refractivity contribution < 1.29 is 13.5 Å². The fourth-order valence-corrected chi connectivity index (χ4v) is 3.94. The van der Waals surface area contributed by atoms with E-state index in [0.717, 1.165) is 5.39 Å². The molecule has 0 fully saturated rings. The highest BCUT2D eigenvalue weighted by Crippen LogP contribution is 2.26. The van der Waals surface area contributed by atoms with Gasteiger partial charge in [-0.25, -0.2) is 12.4 Å². The van der Waals surface area contributed by atoms with E-state index in [0.29, 0.717) is 11.2 Å². The van der Waals surface area contributed by atoms with Gasteiger partial charge in [-0.15, -0.1) is 0 Å². The van der Waals surface area contributed by atoms with E-state index in [4.69, 9.17) is 5.11 Å². The Morgan fingerprint density at radius 3 is 2.41 bits per heavy atom. The summed E-state index contributed by atoms with van der Waals surface area (Å²) in [6.45, 7) is -0.146. The van der Waals surface area contributed by atoms with Gasteiger partial charge in [0.15, 0.2) is 0 Å². The lowest BCUT2D eigenvalue weighted by Gasteiger charge is -2.10. The fourth-order valence-electron chi connectivity index (χ4n) is 2.41. The normalized spacial score (nSPS) is 12.2. The molecule has 0 unspecified atom stereocenters. The number of para-hydroxylation sites is 1. The lowest BCUT2D eigenvalue weighted by atomic mass is 10.2. The zero-order valence-electron chi connectivity index (χ0n) is 11.8. The van der Waals surface area contributed by atoms with E-state index in [1.807, 2.05) is 12.1 Å². The monoisotopic (exact) mass is 313 g/mol. The van der Waals surface area contributed by atoms with E-state index in [1.54, 1.807) is 54.6 Å². The van der Waals surface area contributed by atoms with Crippen molar-refractivity contribution in [3.63, 3.8) is 0 Å². The highest BCUT2D eigenvalue weighted by atomic mass is 32.2. The molecule has 0 aliphatic rings. The van der Waals surface area contributed by atoms with Crippen LogP contribution < -0.4 is 0 Å². The first-order chi connectivity index (χ1) is 10.6. The number of rotatable bonds is 4. The Bertz CT molecular complexity index is 925. The molecule has 3 aromatic rings. The van der Waals surface area contributed by atoms with E-state index in [1.165, 1.54) is 10.0 Å². The SMILES string of the molecule is O=S(=O)(c1ccccc1)n1c(/C=C/CO)cc2ccccc21. The topological polar surface area (TPSA) is 59.3 Å². The van der Waals surface area contributed by atoms with E-state index in [-0.39, 0.29) is 11.5 Å². The first kappa shape index (κ1) is 14.6. The van der Waals surface area contributed by atoms with Crippen molar-refractivity contribution in [2.45, 2.75) is 4.90 Å². The summed E-state index contributed by atoms with van der Waals surface area (Å²) in [4.78, 5) is 0.231. The zero-order chi connectivity index (χ0) is 15.6. The van der Waals surface area contributed by atoms with Gasteiger partial charge >= 0.3 is 0 Å². The van der Waals surface area contributed by atoms with Crippen LogP contribution in [-0.2, 0) is 10.0 Å². The lowest BCUT2D eigenvalue weighted by Crippen LogP contribution is -2.14. The van der Waals surface area contributed by atoms with Gasteiger partial charge in [0.1, 0.15) is 0 Å². The van der Waals surface area contributed by atoms with Crippen LogP contribution in [0.5, 0.6) is 0 Å². The second-order valence-corrected chi connectivity index (χ2v) is 6.58. The molecule has 0 spiro atoms. The zero-order valence-corrected chi connectivity index (χ0v) is 12.6. The number of aliphatic hydroxyl groups is 1. The van der Waals surface area contributed by atoms with Crippen molar-refractivity contribution in [1.82, 2.24) is 3.97 Å². The Morgan fingerprint density at radius 2 is 1.68 bits per heavy atom. The number of hydrogen-bond donors (Lipinski definition) is 1. The lowest BCUT2D eigenvalue weighted by molar-refractivity contribution is 0.343. The maximum atomic E-state index is 13.0. The van der Waals surface area contributed by atoms with Gasteiger partial charge in [0, 0.05) is 5.39 Å². The summed E-state index contributed by atoms with van der Waals surface area (Å²) in [5, 5.41) is 9.80. The van der Waals surface area contributed by atoms with Gasteiger partial charge in [0.05, 0.1) is 22.7 Å². The Labute approximate surface area is 129 Å². The summed E-state index contributed by atoms with van der Waals surface area (Å²) in [7, 11) is -3.70. The minimum atomic E-state index is -3.70. The molecular formula is C17H15NO3S. The molecule has 0 amide bonds. The molecule has 22 heavy (non-hydrogen) atoms. The molecule has 0 radical (unpaired) electrons. The number of aromatic nitrogens is 1. The average molecular weight is 313 g/mol. The van der Waals surface area contributed by atoms with Gasteiger partial charge in [-0.2, -0.15) is 0 Å². The van der Waals surface area contributed by atoms with E-state index in [9.17, 15) is 8.42 Å². The van der Waals surface area contributed by atoms with Crippen molar-refractivity contribution in [3.05, 3.63) is 72.4 Å². The summed E-state index contributed by atoms with van der Waals surface area (Å²) in [6, 6.07) is 17.4. The maximum Gasteiger partial charge on any atom is 0.268 e. The largest absolute Gasteiger partial charge is 0.392 e. The second-order valence-electron chi connectivity index (χ2n) is 4.80. The molecule has 3 rings (SSSR count). The summed E-state index contributed by atoms with van der Waals surface area (Å²) in [5.41, 5.74) is 1.13. The molecule has 1 heterocycles. The first-order valence-electron chi connectivity index (χ1n) is 6.83. The van der Waals surface area contributed by atoms with E-state index >= 15 is 0 Å². The molecule has 0 saturated heterocycles. The van der Waals surface area contributed by atoms with Gasteiger partial charge < -0.3 is 5.11 Å². The van der Waals surface area contributed by atoms with Crippen molar-refractivity contribution >= 4 is 27.0 Å². The van der Waals surface area contributed by atoms with Gasteiger partial charge in [0.2, 0.25) is 0 Å². The van der Waals surface area contributed by atoms with Crippen LogP contribution in [0.1, 0.15) is 5.69 Å². The molecule has 1 aromatic heterocycles. The first-order valence-corrected chi connectivity index (χ1v) is 8.27. The minimum absolute atomic E-state index is 0.146. The van der Waals surface area contributed by atoms with Crippen LogP contribution in [0.15, 0.2) is 71.6 Å². The van der Waals surface area contributed by atoms with Crippen LogP contribution in [0.3, 0.4) is 0 Å². The van der Waals surface area contributed by atoms with Gasteiger partial charge in [0.25, 0.3) is 10.0 Å². The fraction of sp³-hybridized carbons (Fsp3) is 0.0588. The van der Waals surface area contributed by atoms with Crippen LogP contribution in [-0.4, -0.2) is 24.1 Å². The maximum absolute atomic E-state index is 13.0. The molecule has 0 aliphatic carbocycles. The van der Waals surface area contributed by atoms with Crippen LogP contribution in [0.25, 0.3) is 17.0 Å². The van der Waals surface area contributed by atoms with Crippen molar-refractivity contribution in [3.8, 4) is 0 Å². The van der Waals surface area contributed by atoms with Crippen LogP contribution in [0, 0.1) is 0 Å². The number of hydrogen-bond acceptors (Lipinski definition) is 3. The molecule has 112 valence electrons. The van der Waals surface area contributed by atoms with Gasteiger partial charge in [-0.3, -0.25) is 0 Å². The number of aliphatic hydroxyl groups excluding tert-OH is 1. The highest BCUT2D eigenvalue weighted by Gasteiger charge is 2.21. The van der Waals surface area contributed by atoms with Crippen LogP contribution >= 0.6 is 0 Å². The quantitative estimate of drug-likeness (QED) is 0.805. The molecule has 0 saturated carbocycles. The third-order valence-corrected chi connectivity index (χ3v) is 5.13. The standard InChI is InChI=1S/C17H15NO3S/c19-12-6-8-15-13-14-7-4-5-11-17(14)18(15)22(20,21)16-9-2-1-3-10-16/h1-11,13,19H,12H2/b8-6+. The van der Waals surface area contributed by atoms with Gasteiger partial charge in [-0.05, 0) is 30.3 Å². The predicted molar refractivity (Wildman–Crippen MR) is 87.1 cm³/mol. The van der Waals surface area contributed by atoms with Crippen molar-refractivity contribution in [2.75, 3.05) is 6.61 Å². The molecule has 2 aromatic carbocycles. The third-order valence-electron chi connectivity index (χ3n) is 3.37. The Morgan fingerprint density at radius 1 is 1.00 bits per heavy atom. The molecule has 1 N–H and O–H groups in total. The molecule has 0 bridgehead atoms. The van der Waals surface area contributed by atoms with E-state index in [2.05, 4.69) is 0 Å². The smallest absolute Gasteiger partial charge is 0.268 e. The molecule has 0 aliphatic heterocycles. The predicted octanol–water partition coefficient (Wildman–Crippen LogP) is 2.88. The summed E-state index contributed by atoms with van der Waals surface area (Å²) < 4.78 is 27.2. The summed E-state index contributed by atoms with van der Waals surface area (Å²) >= 11 is 0. The van der Waals surface area contributed by atoms with Crippen molar-refractivity contribution in [1.29, 1.82) is 0 Å². The van der Waals surface area contributed by atoms with Gasteiger partial charge in [-0.1, -0.05) is 42.5 Å². The molecule has 5 heteroatoms.